The summed E-state index contributed by atoms with van der Waals surface area (Å²) in [4.78, 5) is 23.4. The number of nitrogens with zero attached hydrogens (tertiary/aromatic N) is 3. The average molecular weight is 558 g/mol. The van der Waals surface area contributed by atoms with E-state index in [1.54, 1.807) is 18.3 Å². The van der Waals surface area contributed by atoms with Crippen molar-refractivity contribution in [3.63, 3.8) is 0 Å². The fourth-order valence-electron chi connectivity index (χ4n) is 3.80. The Bertz CT molecular complexity index is 1260. The van der Waals surface area contributed by atoms with E-state index in [0.717, 1.165) is 24.2 Å². The van der Waals surface area contributed by atoms with Gasteiger partial charge in [-0.1, -0.05) is 36.7 Å². The maximum absolute atomic E-state index is 14.0. The van der Waals surface area contributed by atoms with Crippen LogP contribution in [-0.2, 0) is 6.42 Å². The van der Waals surface area contributed by atoms with E-state index in [-0.39, 0.29) is 27.9 Å². The highest BCUT2D eigenvalue weighted by Gasteiger charge is 2.20. The molecule has 1 amide bonds. The second kappa shape index (κ2) is 14.0. The number of carbonyl (C=O) groups excluding carboxylic acids is 1. The van der Waals surface area contributed by atoms with Gasteiger partial charge in [0, 0.05) is 29.7 Å². The molecule has 0 fully saturated rings. The van der Waals surface area contributed by atoms with Crippen molar-refractivity contribution in [2.75, 3.05) is 26.1 Å². The molecule has 0 aliphatic carbocycles. The van der Waals surface area contributed by atoms with Gasteiger partial charge in [0.05, 0.1) is 16.6 Å². The first kappa shape index (κ1) is 29.2. The molecule has 2 atom stereocenters. The van der Waals surface area contributed by atoms with Crippen LogP contribution in [0.25, 0.3) is 0 Å². The summed E-state index contributed by atoms with van der Waals surface area (Å²) in [5.74, 6) is -0.296. The molecule has 0 bridgehead atoms. The minimum absolute atomic E-state index is 0.00525. The van der Waals surface area contributed by atoms with Crippen molar-refractivity contribution in [3.8, 4) is 0 Å². The Labute approximate surface area is 233 Å². The second-order valence-electron chi connectivity index (χ2n) is 9.13. The number of rotatable bonds is 11. The Morgan fingerprint density at radius 3 is 2.63 bits per heavy atom. The number of anilines is 1. The summed E-state index contributed by atoms with van der Waals surface area (Å²) in [5.41, 5.74) is 8.56. The maximum atomic E-state index is 14.0. The summed E-state index contributed by atoms with van der Waals surface area (Å²) in [5, 5.41) is 6.66. The van der Waals surface area contributed by atoms with E-state index in [4.69, 9.17) is 23.8 Å². The number of benzene rings is 1. The first-order chi connectivity index (χ1) is 18.2. The van der Waals surface area contributed by atoms with Gasteiger partial charge in [-0.05, 0) is 82.5 Å². The van der Waals surface area contributed by atoms with Gasteiger partial charge in [0.1, 0.15) is 5.82 Å². The Morgan fingerprint density at radius 1 is 1.16 bits per heavy atom. The van der Waals surface area contributed by atoms with Crippen LogP contribution in [0.4, 0.5) is 10.2 Å². The minimum Gasteiger partial charge on any atom is -0.350 e. The molecule has 2 unspecified atom stereocenters. The van der Waals surface area contributed by atoms with Crippen molar-refractivity contribution in [1.29, 1.82) is 0 Å². The van der Waals surface area contributed by atoms with Gasteiger partial charge in [-0.2, -0.15) is 0 Å². The van der Waals surface area contributed by atoms with Crippen LogP contribution in [-0.4, -0.2) is 52.6 Å². The lowest BCUT2D eigenvalue weighted by Crippen LogP contribution is -2.41. The smallest absolute Gasteiger partial charge is 0.253 e. The molecule has 8 nitrogen and oxygen atoms in total. The largest absolute Gasteiger partial charge is 0.350 e. The first-order valence-corrected chi connectivity index (χ1v) is 13.1. The zero-order valence-electron chi connectivity index (χ0n) is 21.9. The van der Waals surface area contributed by atoms with Crippen molar-refractivity contribution in [2.45, 2.75) is 38.8 Å². The van der Waals surface area contributed by atoms with Gasteiger partial charge in [-0.3, -0.25) is 20.6 Å². The molecule has 202 valence electrons. The highest BCUT2D eigenvalue weighted by molar-refractivity contribution is 7.80. The molecule has 3 rings (SSSR count). The normalized spacial score (nSPS) is 12.5. The quantitative estimate of drug-likeness (QED) is 0.202. The molecule has 2 aromatic heterocycles. The Kier molecular flexibility index (Phi) is 10.8. The van der Waals surface area contributed by atoms with Crippen LogP contribution in [0.15, 0.2) is 54.9 Å². The Balaban J connectivity index is 1.67. The highest BCUT2D eigenvalue weighted by atomic mass is 35.5. The Morgan fingerprint density at radius 2 is 1.95 bits per heavy atom. The molecule has 38 heavy (non-hydrogen) atoms. The third kappa shape index (κ3) is 8.34. The molecule has 2 heterocycles. The third-order valence-corrected chi connectivity index (χ3v) is 6.32. The maximum Gasteiger partial charge on any atom is 0.253 e. The first-order valence-electron chi connectivity index (χ1n) is 12.3. The van der Waals surface area contributed by atoms with E-state index in [1.807, 2.05) is 46.1 Å². The molecule has 0 saturated heterocycles. The average Bonchev–Trinajstić information content (AvgIpc) is 2.89. The van der Waals surface area contributed by atoms with E-state index < -0.39 is 6.04 Å². The van der Waals surface area contributed by atoms with E-state index in [9.17, 15) is 9.18 Å². The second-order valence-corrected chi connectivity index (χ2v) is 9.94. The standard InChI is InChI=1S/C27H33ClFN7OS/c1-5-23-21(10-7-12-30-23)24(18-8-6-9-20(29)14-18)33-27(38)35-34-25-22(28)15-19(16-31-25)26(37)32-17(2)11-13-36(3)4/h6-10,12,14-17,24H,5,11,13H2,1-4H3,(H,31,34)(H,32,37)(H2,33,35,38). The number of hydrogen-bond acceptors (Lipinski definition) is 6. The minimum atomic E-state index is -0.444. The van der Waals surface area contributed by atoms with Gasteiger partial charge >= 0.3 is 0 Å². The lowest BCUT2D eigenvalue weighted by Gasteiger charge is -2.24. The van der Waals surface area contributed by atoms with Gasteiger partial charge < -0.3 is 15.5 Å². The van der Waals surface area contributed by atoms with Gasteiger partial charge in [0.2, 0.25) is 0 Å². The summed E-state index contributed by atoms with van der Waals surface area (Å²) >= 11 is 11.9. The fraction of sp³-hybridized carbons (Fsp3) is 0.333. The summed E-state index contributed by atoms with van der Waals surface area (Å²) < 4.78 is 14.0. The van der Waals surface area contributed by atoms with E-state index in [1.165, 1.54) is 18.3 Å². The molecule has 0 saturated carbocycles. The molecule has 0 aliphatic heterocycles. The molecular formula is C27H33ClFN7OS. The number of hydrogen-bond donors (Lipinski definition) is 4. The Hall–Kier alpha value is -3.34. The molecule has 1 aromatic carbocycles. The lowest BCUT2D eigenvalue weighted by molar-refractivity contribution is 0.0936. The van der Waals surface area contributed by atoms with Crippen molar-refractivity contribution < 1.29 is 9.18 Å². The summed E-state index contributed by atoms with van der Waals surface area (Å²) in [6, 6.07) is 11.2. The molecule has 0 aliphatic rings. The topological polar surface area (TPSA) is 94.2 Å². The molecule has 0 spiro atoms. The lowest BCUT2D eigenvalue weighted by atomic mass is 9.96. The van der Waals surface area contributed by atoms with Crippen molar-refractivity contribution in [1.82, 2.24) is 30.9 Å². The highest BCUT2D eigenvalue weighted by Crippen LogP contribution is 2.25. The van der Waals surface area contributed by atoms with E-state index in [0.29, 0.717) is 23.4 Å². The number of nitrogens with one attached hydrogen (secondary N) is 4. The molecule has 0 radical (unpaired) electrons. The van der Waals surface area contributed by atoms with Crippen LogP contribution in [0.5, 0.6) is 0 Å². The number of pyridine rings is 2. The van der Waals surface area contributed by atoms with Crippen LogP contribution in [0.3, 0.4) is 0 Å². The number of thiocarbonyl (C=S) groups is 1. The van der Waals surface area contributed by atoms with Crippen LogP contribution in [0.2, 0.25) is 5.02 Å². The van der Waals surface area contributed by atoms with E-state index >= 15 is 0 Å². The molecular weight excluding hydrogens is 525 g/mol. The third-order valence-electron chi connectivity index (χ3n) is 5.81. The van der Waals surface area contributed by atoms with Crippen LogP contribution >= 0.6 is 23.8 Å². The summed E-state index contributed by atoms with van der Waals surface area (Å²) in [6.45, 7) is 4.83. The zero-order valence-corrected chi connectivity index (χ0v) is 23.5. The van der Waals surface area contributed by atoms with Crippen LogP contribution in [0, 0.1) is 5.82 Å². The van der Waals surface area contributed by atoms with Gasteiger partial charge in [-0.25, -0.2) is 9.37 Å². The number of aryl methyl sites for hydroxylation is 1. The number of carbonyl (C=O) groups is 1. The SMILES string of the molecule is CCc1ncccc1C(NC(=S)NNc1ncc(C(=O)NC(C)CCN(C)C)cc1Cl)c1cccc(F)c1. The zero-order chi connectivity index (χ0) is 27.7. The predicted molar refractivity (Wildman–Crippen MR) is 154 cm³/mol. The van der Waals surface area contributed by atoms with Crippen molar-refractivity contribution in [2.24, 2.45) is 0 Å². The monoisotopic (exact) mass is 557 g/mol. The van der Waals surface area contributed by atoms with E-state index in [2.05, 4.69) is 36.4 Å². The van der Waals surface area contributed by atoms with Gasteiger partial charge in [-0.15, -0.1) is 0 Å². The molecule has 3 aromatic rings. The number of halogens is 2. The van der Waals surface area contributed by atoms with Crippen molar-refractivity contribution >= 4 is 40.7 Å². The number of hydrazine groups is 1. The summed E-state index contributed by atoms with van der Waals surface area (Å²) in [6.07, 6.45) is 4.70. The van der Waals surface area contributed by atoms with Gasteiger partial charge in [0.15, 0.2) is 10.9 Å². The number of aromatic nitrogens is 2. The molecule has 11 heteroatoms. The van der Waals surface area contributed by atoms with Crippen LogP contribution in [0.1, 0.15) is 53.5 Å². The molecule has 4 N–H and O–H groups in total. The van der Waals surface area contributed by atoms with Crippen molar-refractivity contribution in [3.05, 3.63) is 88.1 Å². The van der Waals surface area contributed by atoms with Crippen LogP contribution < -0.4 is 21.5 Å². The fourth-order valence-corrected chi connectivity index (χ4v) is 4.19. The predicted octanol–water partition coefficient (Wildman–Crippen LogP) is 4.48. The summed E-state index contributed by atoms with van der Waals surface area (Å²) in [7, 11) is 3.98. The number of amides is 1. The van der Waals surface area contributed by atoms with Gasteiger partial charge in [0.25, 0.3) is 5.91 Å².